The normalized spacial score (nSPS) is 14.0. The standard InChI is InChI=1S/C10H14INOS/c1-10(2,3)12-14(13)9-7-5-4-6-8(9)11/h4-7,12H,1-3H3. The Morgan fingerprint density at radius 3 is 2.36 bits per heavy atom. The highest BCUT2D eigenvalue weighted by atomic mass is 127. The second kappa shape index (κ2) is 4.72. The zero-order chi connectivity index (χ0) is 10.8. The van der Waals surface area contributed by atoms with Crippen LogP contribution in [0.5, 0.6) is 0 Å². The lowest BCUT2D eigenvalue weighted by Crippen LogP contribution is -2.37. The van der Waals surface area contributed by atoms with Gasteiger partial charge in [0.2, 0.25) is 0 Å². The summed E-state index contributed by atoms with van der Waals surface area (Å²) in [4.78, 5) is 0.850. The number of hydrogen-bond acceptors (Lipinski definition) is 1. The van der Waals surface area contributed by atoms with Crippen LogP contribution in [0.15, 0.2) is 29.2 Å². The molecule has 1 N–H and O–H groups in total. The summed E-state index contributed by atoms with van der Waals surface area (Å²) < 4.78 is 15.9. The summed E-state index contributed by atoms with van der Waals surface area (Å²) in [5.74, 6) is 0. The van der Waals surface area contributed by atoms with Gasteiger partial charge in [-0.1, -0.05) is 12.1 Å². The number of benzene rings is 1. The van der Waals surface area contributed by atoms with E-state index in [1.165, 1.54) is 0 Å². The van der Waals surface area contributed by atoms with E-state index in [2.05, 4.69) is 27.3 Å². The molecule has 0 spiro atoms. The van der Waals surface area contributed by atoms with Crippen LogP contribution < -0.4 is 4.72 Å². The zero-order valence-corrected chi connectivity index (χ0v) is 11.5. The first-order valence-electron chi connectivity index (χ1n) is 4.34. The molecule has 1 unspecified atom stereocenters. The molecule has 0 saturated heterocycles. The lowest BCUT2D eigenvalue weighted by Gasteiger charge is -2.19. The van der Waals surface area contributed by atoms with Gasteiger partial charge in [0.25, 0.3) is 0 Å². The summed E-state index contributed by atoms with van der Waals surface area (Å²) >= 11 is 2.19. The average molecular weight is 323 g/mol. The lowest BCUT2D eigenvalue weighted by atomic mass is 10.1. The Morgan fingerprint density at radius 2 is 1.86 bits per heavy atom. The smallest absolute Gasteiger partial charge is 0.126 e. The first-order chi connectivity index (χ1) is 6.40. The quantitative estimate of drug-likeness (QED) is 0.833. The van der Waals surface area contributed by atoms with Gasteiger partial charge in [0.1, 0.15) is 11.0 Å². The van der Waals surface area contributed by atoms with Crippen LogP contribution in [0.4, 0.5) is 0 Å². The molecule has 0 heterocycles. The molecule has 4 heteroatoms. The van der Waals surface area contributed by atoms with E-state index in [1.807, 2.05) is 45.0 Å². The van der Waals surface area contributed by atoms with Crippen LogP contribution in [0.2, 0.25) is 0 Å². The molecule has 0 saturated carbocycles. The van der Waals surface area contributed by atoms with E-state index in [0.29, 0.717) is 0 Å². The minimum Gasteiger partial charge on any atom is -0.237 e. The van der Waals surface area contributed by atoms with Gasteiger partial charge >= 0.3 is 0 Å². The van der Waals surface area contributed by atoms with Gasteiger partial charge in [-0.3, -0.25) is 0 Å². The van der Waals surface area contributed by atoms with Crippen molar-refractivity contribution in [1.82, 2.24) is 4.72 Å². The summed E-state index contributed by atoms with van der Waals surface area (Å²) in [7, 11) is -1.12. The Bertz CT molecular complexity index is 346. The van der Waals surface area contributed by atoms with Crippen molar-refractivity contribution in [2.45, 2.75) is 31.2 Å². The average Bonchev–Trinajstić information content (AvgIpc) is 2.01. The fraction of sp³-hybridized carbons (Fsp3) is 0.400. The van der Waals surface area contributed by atoms with E-state index >= 15 is 0 Å². The van der Waals surface area contributed by atoms with Crippen LogP contribution in [0.25, 0.3) is 0 Å². The number of hydrogen-bond donors (Lipinski definition) is 1. The van der Waals surface area contributed by atoms with E-state index in [4.69, 9.17) is 0 Å². The van der Waals surface area contributed by atoms with Crippen LogP contribution in [0.3, 0.4) is 0 Å². The molecule has 78 valence electrons. The van der Waals surface area contributed by atoms with Gasteiger partial charge in [0.05, 0.1) is 4.90 Å². The Kier molecular flexibility index (Phi) is 4.09. The molecule has 1 atom stereocenters. The molecule has 0 aromatic heterocycles. The van der Waals surface area contributed by atoms with Crippen molar-refractivity contribution in [3.63, 3.8) is 0 Å². The number of halogens is 1. The summed E-state index contributed by atoms with van der Waals surface area (Å²) in [6, 6.07) is 7.69. The van der Waals surface area contributed by atoms with Crippen molar-refractivity contribution >= 4 is 33.6 Å². The molecule has 0 aliphatic carbocycles. The molecule has 0 radical (unpaired) electrons. The minimum atomic E-state index is -1.12. The molecular weight excluding hydrogens is 309 g/mol. The van der Waals surface area contributed by atoms with Crippen LogP contribution in [-0.4, -0.2) is 9.75 Å². The molecule has 14 heavy (non-hydrogen) atoms. The highest BCUT2D eigenvalue weighted by Crippen LogP contribution is 2.16. The molecule has 1 aromatic rings. The maximum Gasteiger partial charge on any atom is 0.126 e. The van der Waals surface area contributed by atoms with Crippen molar-refractivity contribution in [1.29, 1.82) is 0 Å². The summed E-state index contributed by atoms with van der Waals surface area (Å²) in [6.45, 7) is 6.00. The third-order valence-electron chi connectivity index (χ3n) is 1.44. The van der Waals surface area contributed by atoms with Crippen LogP contribution in [0.1, 0.15) is 20.8 Å². The summed E-state index contributed by atoms with van der Waals surface area (Å²) in [5, 5.41) is 0. The van der Waals surface area contributed by atoms with Gasteiger partial charge in [-0.05, 0) is 55.5 Å². The Balaban J connectivity index is 2.86. The van der Waals surface area contributed by atoms with E-state index < -0.39 is 11.0 Å². The van der Waals surface area contributed by atoms with Gasteiger partial charge in [-0.25, -0.2) is 8.93 Å². The Morgan fingerprint density at radius 1 is 1.29 bits per heavy atom. The molecule has 0 aliphatic heterocycles. The van der Waals surface area contributed by atoms with Crippen LogP contribution >= 0.6 is 22.6 Å². The fourth-order valence-electron chi connectivity index (χ4n) is 0.928. The predicted octanol–water partition coefficient (Wildman–Crippen LogP) is 2.70. The molecular formula is C10H14INOS. The minimum absolute atomic E-state index is 0.135. The van der Waals surface area contributed by atoms with E-state index in [1.54, 1.807) is 0 Å². The third-order valence-corrected chi connectivity index (χ3v) is 4.30. The number of nitrogens with one attached hydrogen (secondary N) is 1. The second-order valence-electron chi connectivity index (χ2n) is 4.05. The van der Waals surface area contributed by atoms with E-state index in [9.17, 15) is 4.21 Å². The van der Waals surface area contributed by atoms with Crippen molar-refractivity contribution in [2.24, 2.45) is 0 Å². The summed E-state index contributed by atoms with van der Waals surface area (Å²) in [6.07, 6.45) is 0. The van der Waals surface area contributed by atoms with Gasteiger partial charge in [0.15, 0.2) is 0 Å². The maximum absolute atomic E-state index is 11.9. The third kappa shape index (κ3) is 3.67. The SMILES string of the molecule is CC(C)(C)NS(=O)c1ccccc1I. The molecule has 2 nitrogen and oxygen atoms in total. The Hall–Kier alpha value is 0.0600. The highest BCUT2D eigenvalue weighted by molar-refractivity contribution is 14.1. The fourth-order valence-corrected chi connectivity index (χ4v) is 3.03. The van der Waals surface area contributed by atoms with Gasteiger partial charge in [-0.15, -0.1) is 0 Å². The van der Waals surface area contributed by atoms with Crippen LogP contribution in [-0.2, 0) is 11.0 Å². The monoisotopic (exact) mass is 323 g/mol. The molecule has 1 rings (SSSR count). The molecule has 1 aromatic carbocycles. The maximum atomic E-state index is 11.9. The van der Waals surface area contributed by atoms with E-state index in [0.717, 1.165) is 8.47 Å². The molecule has 0 bridgehead atoms. The second-order valence-corrected chi connectivity index (χ2v) is 6.39. The highest BCUT2D eigenvalue weighted by Gasteiger charge is 2.15. The first kappa shape index (κ1) is 12.1. The Labute approximate surface area is 101 Å². The largest absolute Gasteiger partial charge is 0.237 e. The van der Waals surface area contributed by atoms with Crippen molar-refractivity contribution in [2.75, 3.05) is 0 Å². The first-order valence-corrected chi connectivity index (χ1v) is 6.57. The molecule has 0 aliphatic rings. The van der Waals surface area contributed by atoms with Gasteiger partial charge in [-0.2, -0.15) is 0 Å². The zero-order valence-electron chi connectivity index (χ0n) is 8.50. The topological polar surface area (TPSA) is 29.1 Å². The molecule has 0 amide bonds. The van der Waals surface area contributed by atoms with Crippen molar-refractivity contribution < 1.29 is 4.21 Å². The van der Waals surface area contributed by atoms with E-state index in [-0.39, 0.29) is 5.54 Å². The van der Waals surface area contributed by atoms with Crippen molar-refractivity contribution in [3.05, 3.63) is 27.8 Å². The lowest BCUT2D eigenvalue weighted by molar-refractivity contribution is 0.519. The number of rotatable bonds is 2. The van der Waals surface area contributed by atoms with Gasteiger partial charge < -0.3 is 0 Å². The van der Waals surface area contributed by atoms with Crippen LogP contribution in [0, 0.1) is 3.57 Å². The van der Waals surface area contributed by atoms with Gasteiger partial charge in [0, 0.05) is 9.11 Å². The predicted molar refractivity (Wildman–Crippen MR) is 68.5 cm³/mol. The summed E-state index contributed by atoms with van der Waals surface area (Å²) in [5.41, 5.74) is -0.135. The van der Waals surface area contributed by atoms with Crippen molar-refractivity contribution in [3.8, 4) is 0 Å². The molecule has 0 fully saturated rings.